The number of hydrogen-bond donors (Lipinski definition) is 4. The molecule has 2 bridgehead atoms. The van der Waals surface area contributed by atoms with Crippen LogP contribution < -0.4 is 0 Å². The van der Waals surface area contributed by atoms with Crippen LogP contribution in [0.2, 0.25) is 0 Å². The first-order valence-corrected chi connectivity index (χ1v) is 9.96. The van der Waals surface area contributed by atoms with Crippen molar-refractivity contribution in [3.63, 3.8) is 0 Å². The average Bonchev–Trinajstić information content (AvgIpc) is 2.62. The van der Waals surface area contributed by atoms with Gasteiger partial charge in [-0.3, -0.25) is 0 Å². The Bertz CT molecular complexity index is 600. The van der Waals surface area contributed by atoms with Crippen molar-refractivity contribution in [2.24, 2.45) is 11.3 Å². The Hall–Kier alpha value is -0.625. The zero-order valence-electron chi connectivity index (χ0n) is 16.6. The SMILES string of the molecule is CC(OCc1ccccc1)C(Cl)B(O)O.CC1(O)CCC2CC1(O)C2(C)C. The van der Waals surface area contributed by atoms with Crippen molar-refractivity contribution in [3.05, 3.63) is 35.9 Å². The zero-order valence-corrected chi connectivity index (χ0v) is 17.4. The highest BCUT2D eigenvalue weighted by molar-refractivity contribution is 6.57. The summed E-state index contributed by atoms with van der Waals surface area (Å²) in [7, 11) is -1.56. The molecule has 3 aliphatic carbocycles. The van der Waals surface area contributed by atoms with Crippen molar-refractivity contribution in [3.8, 4) is 0 Å². The third-order valence-corrected chi connectivity index (χ3v) is 7.17. The van der Waals surface area contributed by atoms with Gasteiger partial charge in [-0.2, -0.15) is 0 Å². The normalized spacial score (nSPS) is 33.1. The maximum Gasteiger partial charge on any atom is 0.473 e. The number of halogens is 1. The van der Waals surface area contributed by atoms with Crippen LogP contribution in [0.5, 0.6) is 0 Å². The van der Waals surface area contributed by atoms with Crippen LogP contribution >= 0.6 is 11.6 Å². The molecular formula is C20H32BClO5. The van der Waals surface area contributed by atoms with Crippen molar-refractivity contribution in [2.45, 2.75) is 76.1 Å². The lowest BCUT2D eigenvalue weighted by Crippen LogP contribution is -2.74. The molecule has 1 aromatic carbocycles. The van der Waals surface area contributed by atoms with E-state index in [9.17, 15) is 10.2 Å². The second-order valence-corrected chi connectivity index (χ2v) is 9.16. The highest BCUT2D eigenvalue weighted by Crippen LogP contribution is 2.65. The number of aliphatic hydroxyl groups is 2. The van der Waals surface area contributed by atoms with Crippen LogP contribution in [0.3, 0.4) is 0 Å². The molecular weight excluding hydrogens is 366 g/mol. The van der Waals surface area contributed by atoms with Gasteiger partial charge in [0.05, 0.1) is 29.2 Å². The summed E-state index contributed by atoms with van der Waals surface area (Å²) in [5.41, 5.74) is -0.760. The lowest BCUT2D eigenvalue weighted by Gasteiger charge is -2.68. The van der Waals surface area contributed by atoms with E-state index in [-0.39, 0.29) is 5.41 Å². The molecule has 0 amide bonds. The molecule has 0 heterocycles. The second-order valence-electron chi connectivity index (χ2n) is 8.66. The smallest absolute Gasteiger partial charge is 0.426 e. The number of benzene rings is 1. The summed E-state index contributed by atoms with van der Waals surface area (Å²) in [5, 5.41) is 37.1. The first kappa shape index (κ1) is 22.7. The van der Waals surface area contributed by atoms with Gasteiger partial charge >= 0.3 is 7.12 Å². The van der Waals surface area contributed by atoms with Gasteiger partial charge in [0.2, 0.25) is 0 Å². The molecule has 0 spiro atoms. The van der Waals surface area contributed by atoms with Gasteiger partial charge in [0.25, 0.3) is 0 Å². The molecule has 0 aliphatic heterocycles. The predicted octanol–water partition coefficient (Wildman–Crippen LogP) is 2.52. The molecule has 3 saturated carbocycles. The van der Waals surface area contributed by atoms with Crippen LogP contribution in [0.25, 0.3) is 0 Å². The first-order chi connectivity index (χ1) is 12.4. The van der Waals surface area contributed by atoms with Gasteiger partial charge in [0, 0.05) is 0 Å². The summed E-state index contributed by atoms with van der Waals surface area (Å²) >= 11 is 5.71. The van der Waals surface area contributed by atoms with E-state index in [0.29, 0.717) is 12.5 Å². The standard InChI is InChI=1S/C10H14BClO3.C10H18O2/c1-8(10(12)11(13)14)15-7-9-5-3-2-4-6-9;1-8(2)7-4-5-9(3,11)10(8,12)6-7/h2-6,8,10,13-14H,7H2,1H3;7,11-12H,4-6H2,1-3H3. The third-order valence-electron chi connectivity index (χ3n) is 6.59. The minimum atomic E-state index is -1.56. The second kappa shape index (κ2) is 8.40. The van der Waals surface area contributed by atoms with Gasteiger partial charge in [-0.15, -0.1) is 11.6 Å². The molecule has 3 aliphatic rings. The van der Waals surface area contributed by atoms with Crippen LogP contribution in [0.15, 0.2) is 30.3 Å². The van der Waals surface area contributed by atoms with Gasteiger partial charge in [-0.1, -0.05) is 44.2 Å². The van der Waals surface area contributed by atoms with Gasteiger partial charge < -0.3 is 25.0 Å². The van der Waals surface area contributed by atoms with Crippen LogP contribution in [0.4, 0.5) is 0 Å². The minimum absolute atomic E-state index is 0.0885. The molecule has 152 valence electrons. The fraction of sp³-hybridized carbons (Fsp3) is 0.700. The summed E-state index contributed by atoms with van der Waals surface area (Å²) in [4.78, 5) is 0. The summed E-state index contributed by atoms with van der Waals surface area (Å²) in [5.74, 6) is 0.614. The first-order valence-electron chi connectivity index (χ1n) is 9.53. The highest BCUT2D eigenvalue weighted by Gasteiger charge is 2.69. The fourth-order valence-corrected chi connectivity index (χ4v) is 4.33. The molecule has 0 aromatic heterocycles. The van der Waals surface area contributed by atoms with Crippen LogP contribution in [-0.2, 0) is 11.3 Å². The molecule has 4 rings (SSSR count). The summed E-state index contributed by atoms with van der Waals surface area (Å²) in [6.07, 6.45) is 2.18. The maximum absolute atomic E-state index is 10.2. The Labute approximate surface area is 167 Å². The summed E-state index contributed by atoms with van der Waals surface area (Å²) in [6.45, 7) is 8.02. The highest BCUT2D eigenvalue weighted by atomic mass is 35.5. The molecule has 5 atom stereocenters. The van der Waals surface area contributed by atoms with Gasteiger partial charge in [0.15, 0.2) is 0 Å². The van der Waals surface area contributed by atoms with Crippen molar-refractivity contribution in [1.29, 1.82) is 0 Å². The third kappa shape index (κ3) is 4.52. The Morgan fingerprint density at radius 1 is 1.19 bits per heavy atom. The van der Waals surface area contributed by atoms with E-state index in [4.69, 9.17) is 26.4 Å². The van der Waals surface area contributed by atoms with Crippen LogP contribution in [0, 0.1) is 11.3 Å². The molecule has 0 saturated heterocycles. The van der Waals surface area contributed by atoms with Crippen molar-refractivity contribution < 1.29 is 25.0 Å². The molecule has 1 aromatic rings. The van der Waals surface area contributed by atoms with E-state index in [0.717, 1.165) is 24.8 Å². The van der Waals surface area contributed by atoms with Gasteiger partial charge in [-0.05, 0) is 50.0 Å². The lowest BCUT2D eigenvalue weighted by atomic mass is 9.41. The van der Waals surface area contributed by atoms with E-state index in [2.05, 4.69) is 13.8 Å². The number of fused-ring (bicyclic) bond motifs is 2. The monoisotopic (exact) mass is 398 g/mol. The molecule has 7 heteroatoms. The Kier molecular flexibility index (Phi) is 7.05. The minimum Gasteiger partial charge on any atom is -0.426 e. The quantitative estimate of drug-likeness (QED) is 0.452. The van der Waals surface area contributed by atoms with E-state index in [1.165, 1.54) is 0 Å². The van der Waals surface area contributed by atoms with E-state index >= 15 is 0 Å². The largest absolute Gasteiger partial charge is 0.473 e. The van der Waals surface area contributed by atoms with E-state index in [1.54, 1.807) is 13.8 Å². The average molecular weight is 399 g/mol. The number of alkyl halides is 1. The van der Waals surface area contributed by atoms with Crippen molar-refractivity contribution in [1.82, 2.24) is 0 Å². The summed E-state index contributed by atoms with van der Waals surface area (Å²) < 4.78 is 5.40. The number of ether oxygens (including phenoxy) is 1. The van der Waals surface area contributed by atoms with E-state index in [1.807, 2.05) is 30.3 Å². The fourth-order valence-electron chi connectivity index (χ4n) is 4.26. The van der Waals surface area contributed by atoms with Crippen LogP contribution in [0.1, 0.15) is 52.5 Å². The molecule has 5 nitrogen and oxygen atoms in total. The number of hydrogen-bond acceptors (Lipinski definition) is 5. The van der Waals surface area contributed by atoms with Crippen LogP contribution in [-0.4, -0.2) is 50.0 Å². The Morgan fingerprint density at radius 2 is 1.78 bits per heavy atom. The topological polar surface area (TPSA) is 90.2 Å². The summed E-state index contributed by atoms with van der Waals surface area (Å²) in [6, 6.07) is 9.64. The zero-order chi connectivity index (χ0) is 20.5. The van der Waals surface area contributed by atoms with Crippen molar-refractivity contribution >= 4 is 18.7 Å². The Morgan fingerprint density at radius 3 is 2.22 bits per heavy atom. The molecule has 5 unspecified atom stereocenters. The lowest BCUT2D eigenvalue weighted by molar-refractivity contribution is -0.312. The number of rotatable bonds is 5. The van der Waals surface area contributed by atoms with Crippen molar-refractivity contribution in [2.75, 3.05) is 0 Å². The maximum atomic E-state index is 10.2. The van der Waals surface area contributed by atoms with E-state index < -0.39 is 29.7 Å². The molecule has 4 N–H and O–H groups in total. The molecule has 0 radical (unpaired) electrons. The van der Waals surface area contributed by atoms with Gasteiger partial charge in [0.1, 0.15) is 0 Å². The molecule has 3 fully saturated rings. The molecule has 27 heavy (non-hydrogen) atoms. The predicted molar refractivity (Wildman–Crippen MR) is 107 cm³/mol. The Balaban J connectivity index is 0.000000198. The van der Waals surface area contributed by atoms with Gasteiger partial charge in [-0.25, -0.2) is 0 Å².